The Morgan fingerprint density at radius 3 is 1.61 bits per heavy atom. The minimum Gasteiger partial charge on any atom is -0.460 e. The SMILES string of the molecule is C=C(C)C(=O)OC[Si](C)(O[Si](C)(C)C)O[Si](C)(C)O[Si](C)(C)C. The Balaban J connectivity index is 5.20. The first-order valence-electron chi connectivity index (χ1n) is 7.88. The average molecular weight is 395 g/mol. The number of ether oxygens (including phenoxy) is 1. The number of carbonyl (C=O) groups excluding carboxylic acids is 1. The third kappa shape index (κ3) is 11.2. The molecule has 136 valence electrons. The molecule has 5 nitrogen and oxygen atoms in total. The number of rotatable bonds is 9. The molecule has 0 amide bonds. The quantitative estimate of drug-likeness (QED) is 0.334. The van der Waals surface area contributed by atoms with E-state index in [2.05, 4.69) is 45.9 Å². The highest BCUT2D eigenvalue weighted by atomic mass is 28.5. The van der Waals surface area contributed by atoms with Gasteiger partial charge in [0.05, 0.1) is 0 Å². The molecule has 0 N–H and O–H groups in total. The standard InChI is InChI=1S/C14H34O5Si4/c1-13(2)14(15)16-12-23(11,18-21(6,7)8)19-22(9,10)17-20(3,4)5/h1,12H2,2-11H3. The normalized spacial score (nSPS) is 15.9. The molecule has 0 aliphatic rings. The van der Waals surface area contributed by atoms with Gasteiger partial charge in [-0.25, -0.2) is 4.79 Å². The number of carbonyl (C=O) groups is 1. The average Bonchev–Trinajstić information content (AvgIpc) is 2.17. The lowest BCUT2D eigenvalue weighted by Gasteiger charge is -2.40. The number of esters is 1. The Hall–Kier alpha value is -0.0425. The van der Waals surface area contributed by atoms with E-state index in [9.17, 15) is 4.79 Å². The lowest BCUT2D eigenvalue weighted by Crippen LogP contribution is -2.59. The molecule has 0 saturated carbocycles. The summed E-state index contributed by atoms with van der Waals surface area (Å²) in [6, 6.07) is 0. The minimum atomic E-state index is -2.69. The van der Waals surface area contributed by atoms with Gasteiger partial charge in [-0.2, -0.15) is 0 Å². The van der Waals surface area contributed by atoms with Gasteiger partial charge in [-0.05, 0) is 65.8 Å². The molecule has 0 aliphatic carbocycles. The molecule has 0 saturated heterocycles. The molecular formula is C14H34O5Si4. The fraction of sp³-hybridized carbons (Fsp3) is 0.786. The van der Waals surface area contributed by atoms with Gasteiger partial charge in [-0.15, -0.1) is 0 Å². The monoisotopic (exact) mass is 394 g/mol. The second-order valence-electron chi connectivity index (χ2n) is 8.42. The van der Waals surface area contributed by atoms with E-state index in [1.165, 1.54) is 0 Å². The van der Waals surface area contributed by atoms with Gasteiger partial charge >= 0.3 is 23.1 Å². The van der Waals surface area contributed by atoms with Crippen LogP contribution >= 0.6 is 0 Å². The summed E-state index contributed by atoms with van der Waals surface area (Å²) in [5.74, 6) is -0.405. The van der Waals surface area contributed by atoms with Crippen LogP contribution < -0.4 is 0 Å². The zero-order valence-electron chi connectivity index (χ0n) is 16.5. The van der Waals surface area contributed by atoms with Crippen molar-refractivity contribution in [3.63, 3.8) is 0 Å². The van der Waals surface area contributed by atoms with Crippen molar-refractivity contribution in [1.29, 1.82) is 0 Å². The zero-order chi connectivity index (χ0) is 18.7. The summed E-state index contributed by atoms with van der Waals surface area (Å²) >= 11 is 0. The molecule has 23 heavy (non-hydrogen) atoms. The summed E-state index contributed by atoms with van der Waals surface area (Å²) < 4.78 is 24.3. The van der Waals surface area contributed by atoms with Gasteiger partial charge in [0.1, 0.15) is 6.23 Å². The van der Waals surface area contributed by atoms with Crippen molar-refractivity contribution < 1.29 is 21.9 Å². The number of hydrogen-bond donors (Lipinski definition) is 0. The summed E-state index contributed by atoms with van der Waals surface area (Å²) in [4.78, 5) is 11.7. The van der Waals surface area contributed by atoms with Crippen LogP contribution in [-0.2, 0) is 21.9 Å². The van der Waals surface area contributed by atoms with Crippen molar-refractivity contribution in [3.8, 4) is 0 Å². The van der Waals surface area contributed by atoms with E-state index in [-0.39, 0.29) is 6.23 Å². The maximum Gasteiger partial charge on any atom is 0.354 e. The van der Waals surface area contributed by atoms with Crippen molar-refractivity contribution >= 4 is 39.7 Å². The molecule has 1 atom stereocenters. The summed E-state index contributed by atoms with van der Waals surface area (Å²) in [6.45, 7) is 24.0. The second kappa shape index (κ2) is 7.89. The first-order valence-corrected chi connectivity index (χ1v) is 20.0. The van der Waals surface area contributed by atoms with Crippen LogP contribution in [0.25, 0.3) is 0 Å². The van der Waals surface area contributed by atoms with E-state index in [4.69, 9.17) is 17.1 Å². The van der Waals surface area contributed by atoms with Gasteiger partial charge in [-0.3, -0.25) is 0 Å². The molecule has 0 heterocycles. The molecule has 0 aliphatic heterocycles. The molecule has 9 heteroatoms. The summed E-state index contributed by atoms with van der Waals surface area (Å²) in [7, 11) is -8.63. The highest BCUT2D eigenvalue weighted by Crippen LogP contribution is 2.24. The third-order valence-electron chi connectivity index (χ3n) is 2.35. The molecular weight excluding hydrogens is 360 g/mol. The highest BCUT2D eigenvalue weighted by Gasteiger charge is 2.45. The van der Waals surface area contributed by atoms with Gasteiger partial charge in [-0.1, -0.05) is 6.58 Å². The Morgan fingerprint density at radius 1 is 0.826 bits per heavy atom. The minimum absolute atomic E-state index is 0.161. The predicted octanol–water partition coefficient (Wildman–Crippen LogP) is 4.14. The maximum absolute atomic E-state index is 11.7. The molecule has 0 radical (unpaired) electrons. The van der Waals surface area contributed by atoms with E-state index in [1.807, 2.05) is 19.6 Å². The van der Waals surface area contributed by atoms with Crippen LogP contribution in [0.2, 0.25) is 58.9 Å². The van der Waals surface area contributed by atoms with Crippen LogP contribution in [0.4, 0.5) is 0 Å². The predicted molar refractivity (Wildman–Crippen MR) is 105 cm³/mol. The van der Waals surface area contributed by atoms with E-state index >= 15 is 0 Å². The largest absolute Gasteiger partial charge is 0.460 e. The third-order valence-corrected chi connectivity index (χ3v) is 15.3. The molecule has 0 aromatic carbocycles. The molecule has 0 spiro atoms. The molecule has 0 aromatic heterocycles. The van der Waals surface area contributed by atoms with Crippen molar-refractivity contribution in [2.24, 2.45) is 0 Å². The summed E-state index contributed by atoms with van der Waals surface area (Å²) in [6.07, 6.45) is 0.161. The summed E-state index contributed by atoms with van der Waals surface area (Å²) in [5.41, 5.74) is 0.379. The zero-order valence-corrected chi connectivity index (χ0v) is 20.5. The van der Waals surface area contributed by atoms with Crippen LogP contribution in [0.15, 0.2) is 12.2 Å². The van der Waals surface area contributed by atoms with E-state index in [1.54, 1.807) is 6.92 Å². The van der Waals surface area contributed by atoms with Gasteiger partial charge in [0.15, 0.2) is 16.6 Å². The fourth-order valence-corrected chi connectivity index (χ4v) is 19.5. The molecule has 0 aromatic rings. The topological polar surface area (TPSA) is 54.0 Å². The van der Waals surface area contributed by atoms with Crippen LogP contribution in [-0.4, -0.2) is 46.0 Å². The Kier molecular flexibility index (Phi) is 7.88. The van der Waals surface area contributed by atoms with Gasteiger partial charge in [0.25, 0.3) is 0 Å². The van der Waals surface area contributed by atoms with Crippen LogP contribution in [0.1, 0.15) is 6.92 Å². The van der Waals surface area contributed by atoms with Crippen molar-refractivity contribution in [2.75, 3.05) is 6.23 Å². The van der Waals surface area contributed by atoms with Crippen LogP contribution in [0.5, 0.6) is 0 Å². The Labute approximate surface area is 146 Å². The number of hydrogen-bond acceptors (Lipinski definition) is 5. The fourth-order valence-electron chi connectivity index (χ4n) is 2.33. The van der Waals surface area contributed by atoms with Gasteiger partial charge in [0, 0.05) is 5.57 Å². The smallest absolute Gasteiger partial charge is 0.354 e. The van der Waals surface area contributed by atoms with Crippen LogP contribution in [0.3, 0.4) is 0 Å². The first kappa shape index (κ1) is 23.0. The Morgan fingerprint density at radius 2 is 1.26 bits per heavy atom. The highest BCUT2D eigenvalue weighted by molar-refractivity contribution is 6.89. The lowest BCUT2D eigenvalue weighted by molar-refractivity contribution is -0.137. The van der Waals surface area contributed by atoms with Crippen LogP contribution in [0, 0.1) is 0 Å². The molecule has 0 bridgehead atoms. The van der Waals surface area contributed by atoms with Crippen molar-refractivity contribution in [2.45, 2.75) is 65.8 Å². The van der Waals surface area contributed by atoms with E-state index < -0.39 is 39.7 Å². The molecule has 0 fully saturated rings. The summed E-state index contributed by atoms with van der Waals surface area (Å²) in [5, 5.41) is 0. The van der Waals surface area contributed by atoms with Gasteiger partial charge < -0.3 is 17.1 Å². The second-order valence-corrected chi connectivity index (χ2v) is 24.7. The Bertz CT molecular complexity index is 439. The lowest BCUT2D eigenvalue weighted by atomic mass is 10.4. The molecule has 0 rings (SSSR count). The van der Waals surface area contributed by atoms with Crippen molar-refractivity contribution in [1.82, 2.24) is 0 Å². The maximum atomic E-state index is 11.7. The molecule has 1 unspecified atom stereocenters. The van der Waals surface area contributed by atoms with Gasteiger partial charge in [0.2, 0.25) is 0 Å². The van der Waals surface area contributed by atoms with E-state index in [0.717, 1.165) is 0 Å². The van der Waals surface area contributed by atoms with Crippen molar-refractivity contribution in [3.05, 3.63) is 12.2 Å². The first-order chi connectivity index (χ1) is 9.95. The van der Waals surface area contributed by atoms with E-state index in [0.29, 0.717) is 5.57 Å².